The fourth-order valence-electron chi connectivity index (χ4n) is 1.15. The van der Waals surface area contributed by atoms with Crippen LogP contribution in [-0.4, -0.2) is 16.8 Å². The van der Waals surface area contributed by atoms with E-state index in [9.17, 15) is 9.90 Å². The molecule has 0 unspecified atom stereocenters. The lowest BCUT2D eigenvalue weighted by Crippen LogP contribution is -2.11. The van der Waals surface area contributed by atoms with Gasteiger partial charge in [0.1, 0.15) is 5.75 Å². The van der Waals surface area contributed by atoms with Crippen LogP contribution in [-0.2, 0) is 0 Å². The topological polar surface area (TPSA) is 63.3 Å². The number of primary amides is 1. The molecule has 1 rings (SSSR count). The predicted octanol–water partition coefficient (Wildman–Crippen LogP) is 1.82. The number of nitrogens with two attached hydrogens (primary N) is 1. The third kappa shape index (κ3) is 3.32. The molecule has 3 N–H and O–H groups in total. The second-order valence-electron chi connectivity index (χ2n) is 3.06. The molecule has 1 aromatic rings. The molecular formula is C11H13NO2S. The summed E-state index contributed by atoms with van der Waals surface area (Å²) >= 11 is 4.07. The van der Waals surface area contributed by atoms with Gasteiger partial charge in [-0.05, 0) is 29.9 Å². The molecule has 0 saturated carbocycles. The quantitative estimate of drug-likeness (QED) is 0.682. The van der Waals surface area contributed by atoms with Gasteiger partial charge in [0.25, 0.3) is 5.91 Å². The highest BCUT2D eigenvalue weighted by Crippen LogP contribution is 2.18. The Kier molecular flexibility index (Phi) is 4.24. The largest absolute Gasteiger partial charge is 0.507 e. The van der Waals surface area contributed by atoms with E-state index < -0.39 is 5.91 Å². The van der Waals surface area contributed by atoms with E-state index in [0.29, 0.717) is 0 Å². The van der Waals surface area contributed by atoms with Gasteiger partial charge < -0.3 is 10.8 Å². The molecule has 3 nitrogen and oxygen atoms in total. The van der Waals surface area contributed by atoms with E-state index in [1.165, 1.54) is 6.07 Å². The molecule has 1 amide bonds. The van der Waals surface area contributed by atoms with Crippen LogP contribution < -0.4 is 5.73 Å². The summed E-state index contributed by atoms with van der Waals surface area (Å²) < 4.78 is 0. The average Bonchev–Trinajstić information content (AvgIpc) is 2.20. The number of thiol groups is 1. The number of phenols is 1. The number of benzene rings is 1. The third-order valence-electron chi connectivity index (χ3n) is 1.89. The van der Waals surface area contributed by atoms with Crippen LogP contribution in [0, 0.1) is 0 Å². The van der Waals surface area contributed by atoms with Crippen LogP contribution in [0.2, 0.25) is 0 Å². The Morgan fingerprint density at radius 3 is 2.87 bits per heavy atom. The van der Waals surface area contributed by atoms with Crippen molar-refractivity contribution in [2.75, 3.05) is 5.75 Å². The molecule has 0 fully saturated rings. The van der Waals surface area contributed by atoms with E-state index in [1.807, 2.05) is 12.2 Å². The lowest BCUT2D eigenvalue weighted by molar-refractivity contribution is 0.0998. The summed E-state index contributed by atoms with van der Waals surface area (Å²) in [6.45, 7) is 0. The van der Waals surface area contributed by atoms with Crippen molar-refractivity contribution in [2.45, 2.75) is 6.42 Å². The summed E-state index contributed by atoms with van der Waals surface area (Å²) in [5, 5.41) is 9.34. The van der Waals surface area contributed by atoms with E-state index in [-0.39, 0.29) is 11.3 Å². The smallest absolute Gasteiger partial charge is 0.252 e. The first kappa shape index (κ1) is 11.7. The molecule has 0 aliphatic carbocycles. The Hall–Kier alpha value is -1.42. The molecule has 1 aromatic carbocycles. The molecule has 0 bridgehead atoms. The van der Waals surface area contributed by atoms with E-state index >= 15 is 0 Å². The number of carbonyl (C=O) groups is 1. The van der Waals surface area contributed by atoms with Crippen LogP contribution in [0.5, 0.6) is 5.75 Å². The normalized spacial score (nSPS) is 10.7. The molecule has 0 aromatic heterocycles. The number of amides is 1. The molecule has 0 aliphatic heterocycles. The van der Waals surface area contributed by atoms with Crippen molar-refractivity contribution >= 4 is 24.6 Å². The predicted molar refractivity (Wildman–Crippen MR) is 64.1 cm³/mol. The fourth-order valence-corrected chi connectivity index (χ4v) is 1.30. The molecule has 0 saturated heterocycles. The number of hydrogen-bond acceptors (Lipinski definition) is 3. The summed E-state index contributed by atoms with van der Waals surface area (Å²) in [6.07, 6.45) is 4.67. The maximum absolute atomic E-state index is 10.9. The van der Waals surface area contributed by atoms with Crippen LogP contribution >= 0.6 is 12.6 Å². The number of aromatic hydroxyl groups is 1. The van der Waals surface area contributed by atoms with Gasteiger partial charge >= 0.3 is 0 Å². The van der Waals surface area contributed by atoms with Gasteiger partial charge in [-0.15, -0.1) is 0 Å². The Morgan fingerprint density at radius 2 is 2.27 bits per heavy atom. The zero-order valence-corrected chi connectivity index (χ0v) is 9.08. The SMILES string of the molecule is NC(=O)c1cc(C=CCCS)ccc1O. The van der Waals surface area contributed by atoms with Crippen molar-refractivity contribution in [3.8, 4) is 5.75 Å². The summed E-state index contributed by atoms with van der Waals surface area (Å²) in [5.41, 5.74) is 6.08. The molecule has 0 atom stereocenters. The van der Waals surface area contributed by atoms with E-state index in [0.717, 1.165) is 17.7 Å². The highest BCUT2D eigenvalue weighted by molar-refractivity contribution is 7.80. The number of rotatable bonds is 4. The Labute approximate surface area is 94.0 Å². The Balaban J connectivity index is 2.92. The number of carbonyl (C=O) groups excluding carboxylic acids is 1. The van der Waals surface area contributed by atoms with Gasteiger partial charge in [0, 0.05) is 0 Å². The van der Waals surface area contributed by atoms with Crippen molar-refractivity contribution in [3.05, 3.63) is 35.4 Å². The summed E-state index contributed by atoms with van der Waals surface area (Å²) in [7, 11) is 0. The highest BCUT2D eigenvalue weighted by Gasteiger charge is 2.06. The molecule has 80 valence electrons. The van der Waals surface area contributed by atoms with Gasteiger partial charge in [0.15, 0.2) is 0 Å². The lowest BCUT2D eigenvalue weighted by atomic mass is 10.1. The minimum atomic E-state index is -0.628. The van der Waals surface area contributed by atoms with Crippen LogP contribution in [0.25, 0.3) is 6.08 Å². The molecule has 0 radical (unpaired) electrons. The lowest BCUT2D eigenvalue weighted by Gasteiger charge is -2.01. The van der Waals surface area contributed by atoms with Crippen LogP contribution in [0.15, 0.2) is 24.3 Å². The summed E-state index contributed by atoms with van der Waals surface area (Å²) in [6, 6.07) is 4.74. The summed E-state index contributed by atoms with van der Waals surface area (Å²) in [4.78, 5) is 10.9. The zero-order valence-electron chi connectivity index (χ0n) is 8.18. The van der Waals surface area contributed by atoms with Gasteiger partial charge in [-0.25, -0.2) is 0 Å². The average molecular weight is 223 g/mol. The third-order valence-corrected chi connectivity index (χ3v) is 2.15. The first-order valence-electron chi connectivity index (χ1n) is 4.55. The molecular weight excluding hydrogens is 210 g/mol. The molecule has 4 heteroatoms. The van der Waals surface area contributed by atoms with Crippen molar-refractivity contribution in [1.82, 2.24) is 0 Å². The van der Waals surface area contributed by atoms with E-state index in [1.54, 1.807) is 12.1 Å². The molecule has 0 aliphatic rings. The number of hydrogen-bond donors (Lipinski definition) is 3. The highest BCUT2D eigenvalue weighted by atomic mass is 32.1. The minimum absolute atomic E-state index is 0.0890. The van der Waals surface area contributed by atoms with Crippen LogP contribution in [0.3, 0.4) is 0 Å². The first-order chi connectivity index (χ1) is 7.15. The van der Waals surface area contributed by atoms with Gasteiger partial charge in [0.05, 0.1) is 5.56 Å². The monoisotopic (exact) mass is 223 g/mol. The van der Waals surface area contributed by atoms with Crippen molar-refractivity contribution < 1.29 is 9.90 Å². The Bertz CT molecular complexity index is 388. The Morgan fingerprint density at radius 1 is 1.53 bits per heavy atom. The fraction of sp³-hybridized carbons (Fsp3) is 0.182. The second kappa shape index (κ2) is 5.46. The van der Waals surface area contributed by atoms with Gasteiger partial charge in [0.2, 0.25) is 0 Å². The van der Waals surface area contributed by atoms with Gasteiger partial charge in [-0.3, -0.25) is 4.79 Å². The van der Waals surface area contributed by atoms with Crippen molar-refractivity contribution in [3.63, 3.8) is 0 Å². The van der Waals surface area contributed by atoms with Gasteiger partial charge in [-0.2, -0.15) is 12.6 Å². The molecule has 15 heavy (non-hydrogen) atoms. The van der Waals surface area contributed by atoms with Crippen molar-refractivity contribution in [1.29, 1.82) is 0 Å². The van der Waals surface area contributed by atoms with Crippen molar-refractivity contribution in [2.24, 2.45) is 5.73 Å². The molecule has 0 heterocycles. The first-order valence-corrected chi connectivity index (χ1v) is 5.18. The molecule has 0 spiro atoms. The zero-order chi connectivity index (χ0) is 11.3. The van der Waals surface area contributed by atoms with Gasteiger partial charge in [-0.1, -0.05) is 18.2 Å². The maximum Gasteiger partial charge on any atom is 0.252 e. The minimum Gasteiger partial charge on any atom is -0.507 e. The number of allylic oxidation sites excluding steroid dienone is 1. The summed E-state index contributed by atoms with van der Waals surface area (Å²) in [5.74, 6) is 0.0582. The van der Waals surface area contributed by atoms with Crippen LogP contribution in [0.1, 0.15) is 22.3 Å². The van der Waals surface area contributed by atoms with E-state index in [4.69, 9.17) is 5.73 Å². The van der Waals surface area contributed by atoms with Crippen LogP contribution in [0.4, 0.5) is 0 Å². The maximum atomic E-state index is 10.9. The standard InChI is InChI=1S/C11H13NO2S/c12-11(14)9-7-8(3-1-2-6-15)4-5-10(9)13/h1,3-5,7,13,15H,2,6H2,(H2,12,14). The van der Waals surface area contributed by atoms with E-state index in [2.05, 4.69) is 12.6 Å². The second-order valence-corrected chi connectivity index (χ2v) is 3.50.